The molecule has 2 saturated heterocycles. The van der Waals surface area contributed by atoms with Crippen molar-refractivity contribution >= 4 is 33.9 Å². The number of aryl methyl sites for hydroxylation is 1. The zero-order valence-electron chi connectivity index (χ0n) is 24.2. The number of amides is 1. The van der Waals surface area contributed by atoms with Crippen LogP contribution in [0.5, 0.6) is 11.8 Å². The van der Waals surface area contributed by atoms with Gasteiger partial charge in [-0.2, -0.15) is 9.97 Å². The molecule has 3 aromatic carbocycles. The van der Waals surface area contributed by atoms with Crippen molar-refractivity contribution in [1.82, 2.24) is 14.9 Å². The van der Waals surface area contributed by atoms with E-state index in [0.717, 1.165) is 25.1 Å². The molecule has 3 aliphatic rings. The van der Waals surface area contributed by atoms with Crippen LogP contribution in [0.3, 0.4) is 0 Å². The van der Waals surface area contributed by atoms with Crippen LogP contribution in [0, 0.1) is 5.82 Å². The Morgan fingerprint density at radius 3 is 2.77 bits per heavy atom. The summed E-state index contributed by atoms with van der Waals surface area (Å²) in [5.41, 5.74) is 2.09. The Labute approximate surface area is 248 Å². The molecule has 2 fully saturated rings. The first kappa shape index (κ1) is 27.5. The first-order valence-electron chi connectivity index (χ1n) is 14.8. The minimum Gasteiger partial charge on any atom is -0.508 e. The zero-order chi connectivity index (χ0) is 29.9. The van der Waals surface area contributed by atoms with E-state index in [1.807, 2.05) is 49.2 Å². The van der Waals surface area contributed by atoms with Crippen LogP contribution < -0.4 is 14.5 Å². The summed E-state index contributed by atoms with van der Waals surface area (Å²) in [6, 6.07) is 15.7. The molecule has 0 aliphatic carbocycles. The van der Waals surface area contributed by atoms with Gasteiger partial charge >= 0.3 is 6.01 Å². The van der Waals surface area contributed by atoms with E-state index in [1.54, 1.807) is 12.1 Å². The van der Waals surface area contributed by atoms with Gasteiger partial charge in [0.2, 0.25) is 0 Å². The molecule has 1 amide bonds. The van der Waals surface area contributed by atoms with Crippen LogP contribution in [0.2, 0.25) is 0 Å². The van der Waals surface area contributed by atoms with Crippen LogP contribution in [0.25, 0.3) is 10.8 Å². The fourth-order valence-electron chi connectivity index (χ4n) is 7.12. The second kappa shape index (κ2) is 10.4. The van der Waals surface area contributed by atoms with Gasteiger partial charge < -0.3 is 19.6 Å². The van der Waals surface area contributed by atoms with Crippen molar-refractivity contribution < 1.29 is 23.4 Å². The molecule has 2 atom stereocenters. The lowest BCUT2D eigenvalue weighted by Gasteiger charge is -2.31. The summed E-state index contributed by atoms with van der Waals surface area (Å²) < 4.78 is 35.6. The van der Waals surface area contributed by atoms with Gasteiger partial charge in [0.1, 0.15) is 29.9 Å². The van der Waals surface area contributed by atoms with E-state index in [2.05, 4.69) is 4.90 Å². The van der Waals surface area contributed by atoms with Gasteiger partial charge in [-0.25, -0.2) is 8.78 Å². The number of aromatic nitrogens is 2. The lowest BCUT2D eigenvalue weighted by Crippen LogP contribution is -2.43. The topological polar surface area (TPSA) is 82.0 Å². The van der Waals surface area contributed by atoms with Crippen LogP contribution in [0.1, 0.15) is 47.8 Å². The summed E-state index contributed by atoms with van der Waals surface area (Å²) in [5.74, 6) is -0.372. The fraction of sp³-hybridized carbons (Fsp3) is 0.364. The molecule has 4 aromatic rings. The average molecular weight is 586 g/mol. The molecular formula is C33H33F2N5O3. The molecule has 1 aromatic heterocycles. The Hall–Kier alpha value is -4.31. The van der Waals surface area contributed by atoms with Crippen LogP contribution in [-0.4, -0.2) is 64.3 Å². The number of hydrogen-bond acceptors (Lipinski definition) is 7. The molecule has 0 radical (unpaired) electrons. The highest BCUT2D eigenvalue weighted by atomic mass is 19.1. The van der Waals surface area contributed by atoms with Crippen molar-refractivity contribution in [2.75, 3.05) is 36.5 Å². The summed E-state index contributed by atoms with van der Waals surface area (Å²) in [5, 5.41) is 11.8. The lowest BCUT2D eigenvalue weighted by atomic mass is 9.95. The summed E-state index contributed by atoms with van der Waals surface area (Å²) in [6.45, 7) is 3.47. The minimum atomic E-state index is -0.884. The van der Waals surface area contributed by atoms with E-state index in [-0.39, 0.29) is 42.2 Å². The van der Waals surface area contributed by atoms with Gasteiger partial charge in [-0.1, -0.05) is 31.2 Å². The number of aromatic hydroxyl groups is 1. The van der Waals surface area contributed by atoms with E-state index in [4.69, 9.17) is 14.7 Å². The maximum atomic E-state index is 14.9. The predicted octanol–water partition coefficient (Wildman–Crippen LogP) is 5.92. The Balaban J connectivity index is 1.31. The van der Waals surface area contributed by atoms with Gasteiger partial charge in [-0.3, -0.25) is 9.69 Å². The van der Waals surface area contributed by atoms with Crippen LogP contribution in [-0.2, 0) is 13.0 Å². The smallest absolute Gasteiger partial charge is 0.318 e. The number of halogens is 2. The third-order valence-electron chi connectivity index (χ3n) is 9.18. The maximum absolute atomic E-state index is 14.9. The number of nitrogens with zero attached hydrogens (tertiary/aromatic N) is 5. The van der Waals surface area contributed by atoms with E-state index in [1.165, 1.54) is 17.0 Å². The number of anilines is 3. The first-order valence-corrected chi connectivity index (χ1v) is 14.8. The Morgan fingerprint density at radius 2 is 1.98 bits per heavy atom. The monoisotopic (exact) mass is 585 g/mol. The van der Waals surface area contributed by atoms with Gasteiger partial charge in [0.25, 0.3) is 5.91 Å². The third-order valence-corrected chi connectivity index (χ3v) is 9.18. The SMILES string of the molecule is CCc1c(F)ccc2cc(O)cc(N3Cc4nc(OC[C@@]56CCCN5C[C@H](F)C6)nc(N(C)c5ccccc5)c4C3=O)c12. The van der Waals surface area contributed by atoms with Crippen molar-refractivity contribution in [3.63, 3.8) is 0 Å². The molecule has 222 valence electrons. The van der Waals surface area contributed by atoms with Gasteiger partial charge in [-0.15, -0.1) is 0 Å². The first-order chi connectivity index (χ1) is 20.8. The number of phenolic OH excluding ortho intramolecular Hbond substituents is 1. The molecule has 43 heavy (non-hydrogen) atoms. The van der Waals surface area contributed by atoms with Crippen molar-refractivity contribution in [3.05, 3.63) is 77.2 Å². The summed E-state index contributed by atoms with van der Waals surface area (Å²) >= 11 is 0. The molecule has 0 spiro atoms. The van der Waals surface area contributed by atoms with E-state index < -0.39 is 6.17 Å². The van der Waals surface area contributed by atoms with Crippen LogP contribution in [0.4, 0.5) is 26.0 Å². The van der Waals surface area contributed by atoms with Crippen LogP contribution >= 0.6 is 0 Å². The minimum absolute atomic E-state index is 0.0280. The number of phenols is 1. The van der Waals surface area contributed by atoms with E-state index in [0.29, 0.717) is 58.5 Å². The van der Waals surface area contributed by atoms with Gasteiger partial charge in [0, 0.05) is 37.2 Å². The van der Waals surface area contributed by atoms with Crippen molar-refractivity contribution in [2.45, 2.75) is 50.9 Å². The summed E-state index contributed by atoms with van der Waals surface area (Å²) in [4.78, 5) is 29.2. The predicted molar refractivity (Wildman–Crippen MR) is 161 cm³/mol. The number of rotatable bonds is 7. The third kappa shape index (κ3) is 4.55. The van der Waals surface area contributed by atoms with Gasteiger partial charge in [0.05, 0.1) is 23.5 Å². The Kier molecular flexibility index (Phi) is 6.69. The van der Waals surface area contributed by atoms with Crippen molar-refractivity contribution in [3.8, 4) is 11.8 Å². The van der Waals surface area contributed by atoms with Crippen LogP contribution in [0.15, 0.2) is 54.6 Å². The maximum Gasteiger partial charge on any atom is 0.318 e. The lowest BCUT2D eigenvalue weighted by molar-refractivity contribution is 0.0996. The number of para-hydroxylation sites is 1. The number of carbonyl (C=O) groups is 1. The Bertz CT molecular complexity index is 1740. The fourth-order valence-corrected chi connectivity index (χ4v) is 7.12. The molecule has 0 bridgehead atoms. The van der Waals surface area contributed by atoms with Crippen molar-refractivity contribution in [1.29, 1.82) is 0 Å². The molecule has 7 rings (SSSR count). The number of benzene rings is 3. The van der Waals surface area contributed by atoms with Gasteiger partial charge in [-0.05, 0) is 61.0 Å². The molecule has 3 aliphatic heterocycles. The number of carbonyl (C=O) groups excluding carboxylic acids is 1. The number of alkyl halides is 1. The summed E-state index contributed by atoms with van der Waals surface area (Å²) in [7, 11) is 1.83. The normalized spacial score (nSPS) is 21.4. The highest BCUT2D eigenvalue weighted by molar-refractivity contribution is 6.16. The number of ether oxygens (including phenoxy) is 1. The molecular weight excluding hydrogens is 552 g/mol. The quantitative estimate of drug-likeness (QED) is 0.288. The highest BCUT2D eigenvalue weighted by Gasteiger charge is 2.49. The molecule has 0 saturated carbocycles. The number of fused-ring (bicyclic) bond motifs is 3. The molecule has 10 heteroatoms. The van der Waals surface area contributed by atoms with Gasteiger partial charge in [0.15, 0.2) is 5.82 Å². The number of hydrogen-bond donors (Lipinski definition) is 1. The average Bonchev–Trinajstić information content (AvgIpc) is 3.65. The second-order valence-electron chi connectivity index (χ2n) is 11.7. The van der Waals surface area contributed by atoms with Crippen molar-refractivity contribution in [2.24, 2.45) is 0 Å². The highest BCUT2D eigenvalue weighted by Crippen LogP contribution is 2.43. The molecule has 0 unspecified atom stereocenters. The largest absolute Gasteiger partial charge is 0.508 e. The van der Waals surface area contributed by atoms with E-state index in [9.17, 15) is 18.7 Å². The molecule has 1 N–H and O–H groups in total. The second-order valence-corrected chi connectivity index (χ2v) is 11.7. The van der Waals surface area contributed by atoms with E-state index >= 15 is 0 Å². The standard InChI is InChI=1S/C33H33F2N5O3/c1-3-24-25(35)11-10-20-14-23(41)15-27(28(20)24)40-18-26-29(31(40)42)30(38(2)22-8-5-4-6-9-22)37-32(36-26)43-19-33-12-7-13-39(33)17-21(34)16-33/h4-6,8-11,14-15,21,41H,3,7,12-13,16-19H2,1-2H3/t21-,33+/m1/s1. The zero-order valence-corrected chi connectivity index (χ0v) is 24.2. The Morgan fingerprint density at radius 1 is 1.16 bits per heavy atom. The summed E-state index contributed by atoms with van der Waals surface area (Å²) in [6.07, 6.45) is 1.79. The molecule has 4 heterocycles. The molecule has 8 nitrogen and oxygen atoms in total.